The third-order valence-electron chi connectivity index (χ3n) is 2.57. The predicted molar refractivity (Wildman–Crippen MR) is 86.3 cm³/mol. The Hall–Kier alpha value is -0.860. The fourth-order valence-electron chi connectivity index (χ4n) is 1.67. The summed E-state index contributed by atoms with van der Waals surface area (Å²) in [6, 6.07) is 12.5. The maximum Gasteiger partial charge on any atom is 0.00718 e. The van der Waals surface area contributed by atoms with E-state index in [0.717, 1.165) is 9.79 Å². The van der Waals surface area contributed by atoms with Crippen LogP contribution in [0.5, 0.6) is 0 Å². The van der Waals surface area contributed by atoms with Crippen molar-refractivity contribution in [2.45, 2.75) is 37.5 Å². The zero-order chi connectivity index (χ0) is 13.7. The third-order valence-corrected chi connectivity index (χ3v) is 3.31. The van der Waals surface area contributed by atoms with Gasteiger partial charge in [0.25, 0.3) is 0 Å². The first-order valence-corrected chi connectivity index (χ1v) is 6.81. The van der Waals surface area contributed by atoms with E-state index >= 15 is 0 Å². The lowest BCUT2D eigenvalue weighted by Crippen LogP contribution is -1.76. The summed E-state index contributed by atoms with van der Waals surface area (Å²) in [4.78, 5) is 2.13. The number of hydrogen-bond donors (Lipinski definition) is 2. The first-order valence-electron chi connectivity index (χ1n) is 5.92. The third kappa shape index (κ3) is 5.19. The number of benzene rings is 2. The molecule has 0 aliphatic heterocycles. The molecular formula is C16H20S2. The van der Waals surface area contributed by atoms with Crippen molar-refractivity contribution < 1.29 is 0 Å². The molecule has 2 aromatic carbocycles. The molecule has 0 heterocycles. The summed E-state index contributed by atoms with van der Waals surface area (Å²) >= 11 is 8.49. The minimum atomic E-state index is 1.05. The topological polar surface area (TPSA) is 0 Å². The lowest BCUT2D eigenvalue weighted by atomic mass is 10.2. The van der Waals surface area contributed by atoms with E-state index in [1.165, 1.54) is 22.3 Å². The number of hydrogen-bond acceptors (Lipinski definition) is 2. The van der Waals surface area contributed by atoms with E-state index in [0.29, 0.717) is 0 Å². The van der Waals surface area contributed by atoms with Crippen molar-refractivity contribution in [1.82, 2.24) is 0 Å². The molecule has 0 aliphatic rings. The molecule has 2 rings (SSSR count). The van der Waals surface area contributed by atoms with Crippen LogP contribution in [0, 0.1) is 27.7 Å². The van der Waals surface area contributed by atoms with E-state index in [-0.39, 0.29) is 0 Å². The monoisotopic (exact) mass is 276 g/mol. The van der Waals surface area contributed by atoms with Crippen LogP contribution in [0.15, 0.2) is 46.2 Å². The molecule has 0 radical (unpaired) electrons. The van der Waals surface area contributed by atoms with Gasteiger partial charge in [-0.25, -0.2) is 0 Å². The second-order valence-corrected chi connectivity index (χ2v) is 5.63. The van der Waals surface area contributed by atoms with Crippen LogP contribution >= 0.6 is 25.3 Å². The largest absolute Gasteiger partial charge is 0.143 e. The normalized spacial score (nSPS) is 9.67. The van der Waals surface area contributed by atoms with Crippen LogP contribution in [-0.4, -0.2) is 0 Å². The van der Waals surface area contributed by atoms with E-state index in [1.807, 2.05) is 0 Å². The van der Waals surface area contributed by atoms with Crippen molar-refractivity contribution in [3.05, 3.63) is 58.7 Å². The Balaban J connectivity index is 0.000000180. The second kappa shape index (κ2) is 6.91. The number of aryl methyl sites for hydroxylation is 4. The molecular weight excluding hydrogens is 256 g/mol. The molecule has 0 saturated carbocycles. The van der Waals surface area contributed by atoms with Gasteiger partial charge in [-0.1, -0.05) is 23.8 Å². The standard InChI is InChI=1S/2C8H10S/c1-6-3-7(2)5-8(9)4-6;1-6-3-4-7(2)8(9)5-6/h2*3-5,9H,1-2H3. The Bertz CT molecular complexity index is 480. The molecule has 0 fully saturated rings. The molecule has 0 N–H and O–H groups in total. The van der Waals surface area contributed by atoms with Crippen LogP contribution in [0.4, 0.5) is 0 Å². The van der Waals surface area contributed by atoms with Gasteiger partial charge in [-0.15, -0.1) is 25.3 Å². The van der Waals surface area contributed by atoms with Gasteiger partial charge in [-0.05, 0) is 62.6 Å². The molecule has 18 heavy (non-hydrogen) atoms. The maximum atomic E-state index is 4.27. The Kier molecular flexibility index (Phi) is 5.83. The van der Waals surface area contributed by atoms with Gasteiger partial charge in [0.15, 0.2) is 0 Å². The quantitative estimate of drug-likeness (QED) is 0.608. The number of rotatable bonds is 0. The van der Waals surface area contributed by atoms with Gasteiger partial charge in [-0.3, -0.25) is 0 Å². The molecule has 0 aromatic heterocycles. The highest BCUT2D eigenvalue weighted by atomic mass is 32.1. The van der Waals surface area contributed by atoms with Crippen molar-refractivity contribution in [2.75, 3.05) is 0 Å². The SMILES string of the molecule is Cc1cc(C)cc(S)c1.Cc1ccc(C)c(S)c1. The smallest absolute Gasteiger partial charge is 0.00718 e. The van der Waals surface area contributed by atoms with Crippen molar-refractivity contribution in [1.29, 1.82) is 0 Å². The molecule has 0 amide bonds. The second-order valence-electron chi connectivity index (χ2n) is 4.64. The molecule has 0 bridgehead atoms. The molecule has 0 nitrogen and oxygen atoms in total. The van der Waals surface area contributed by atoms with Gasteiger partial charge in [0.2, 0.25) is 0 Å². The zero-order valence-corrected chi connectivity index (χ0v) is 13.1. The van der Waals surface area contributed by atoms with Crippen LogP contribution < -0.4 is 0 Å². The molecule has 0 spiro atoms. The van der Waals surface area contributed by atoms with E-state index in [9.17, 15) is 0 Å². The lowest BCUT2D eigenvalue weighted by Gasteiger charge is -1.97. The lowest BCUT2D eigenvalue weighted by molar-refractivity contribution is 1.27. The summed E-state index contributed by atoms with van der Waals surface area (Å²) in [5, 5.41) is 0. The van der Waals surface area contributed by atoms with Crippen LogP contribution in [0.2, 0.25) is 0 Å². The Morgan fingerprint density at radius 2 is 1.22 bits per heavy atom. The molecule has 0 atom stereocenters. The molecule has 0 aliphatic carbocycles. The average Bonchev–Trinajstić information content (AvgIpc) is 2.23. The van der Waals surface area contributed by atoms with Crippen LogP contribution in [-0.2, 0) is 0 Å². The first-order chi connectivity index (χ1) is 8.38. The molecule has 0 unspecified atom stereocenters. The van der Waals surface area contributed by atoms with Crippen molar-refractivity contribution in [2.24, 2.45) is 0 Å². The van der Waals surface area contributed by atoms with Crippen LogP contribution in [0.3, 0.4) is 0 Å². The van der Waals surface area contributed by atoms with Gasteiger partial charge >= 0.3 is 0 Å². The van der Waals surface area contributed by atoms with Gasteiger partial charge in [0, 0.05) is 9.79 Å². The fourth-order valence-corrected chi connectivity index (χ4v) is 2.36. The van der Waals surface area contributed by atoms with Gasteiger partial charge in [0.1, 0.15) is 0 Å². The highest BCUT2D eigenvalue weighted by Gasteiger charge is 1.90. The molecule has 2 aromatic rings. The van der Waals surface area contributed by atoms with Crippen LogP contribution in [0.1, 0.15) is 22.3 Å². The summed E-state index contributed by atoms with van der Waals surface area (Å²) in [6.45, 7) is 8.28. The summed E-state index contributed by atoms with van der Waals surface area (Å²) in [7, 11) is 0. The Morgan fingerprint density at radius 3 is 1.61 bits per heavy atom. The van der Waals surface area contributed by atoms with E-state index < -0.39 is 0 Å². The summed E-state index contributed by atoms with van der Waals surface area (Å²) in [6.07, 6.45) is 0. The van der Waals surface area contributed by atoms with E-state index in [2.05, 4.69) is 89.4 Å². The van der Waals surface area contributed by atoms with E-state index in [1.54, 1.807) is 0 Å². The summed E-state index contributed by atoms with van der Waals surface area (Å²) < 4.78 is 0. The molecule has 2 heteroatoms. The molecule has 96 valence electrons. The predicted octanol–water partition coefficient (Wildman–Crippen LogP) is 5.18. The van der Waals surface area contributed by atoms with Crippen LogP contribution in [0.25, 0.3) is 0 Å². The van der Waals surface area contributed by atoms with Crippen molar-refractivity contribution >= 4 is 25.3 Å². The highest BCUT2D eigenvalue weighted by molar-refractivity contribution is 7.80. The molecule has 0 saturated heterocycles. The van der Waals surface area contributed by atoms with Crippen molar-refractivity contribution in [3.63, 3.8) is 0 Å². The number of thiol groups is 2. The highest BCUT2D eigenvalue weighted by Crippen LogP contribution is 2.13. The summed E-state index contributed by atoms with van der Waals surface area (Å²) in [5.74, 6) is 0. The first kappa shape index (κ1) is 15.2. The minimum absolute atomic E-state index is 1.05. The zero-order valence-electron chi connectivity index (χ0n) is 11.4. The van der Waals surface area contributed by atoms with Gasteiger partial charge < -0.3 is 0 Å². The fraction of sp³-hybridized carbons (Fsp3) is 0.250. The van der Waals surface area contributed by atoms with E-state index in [4.69, 9.17) is 0 Å². The average molecular weight is 276 g/mol. The van der Waals surface area contributed by atoms with Gasteiger partial charge in [-0.2, -0.15) is 0 Å². The Labute approximate surface area is 121 Å². The Morgan fingerprint density at radius 1 is 0.667 bits per heavy atom. The van der Waals surface area contributed by atoms with Crippen molar-refractivity contribution in [3.8, 4) is 0 Å². The maximum absolute atomic E-state index is 4.27. The summed E-state index contributed by atoms with van der Waals surface area (Å²) in [5.41, 5.74) is 5.06. The van der Waals surface area contributed by atoms with Gasteiger partial charge in [0.05, 0.1) is 0 Å². The minimum Gasteiger partial charge on any atom is -0.143 e.